The Morgan fingerprint density at radius 2 is 2.31 bits per heavy atom. The lowest BCUT2D eigenvalue weighted by atomic mass is 9.78. The zero-order chi connectivity index (χ0) is 11.8. The van der Waals surface area contributed by atoms with E-state index in [-0.39, 0.29) is 6.61 Å². The Balaban J connectivity index is 2.29. The number of hydrogen-bond donors (Lipinski definition) is 2. The van der Waals surface area contributed by atoms with Gasteiger partial charge in [-0.05, 0) is 38.3 Å². The SMILES string of the molecule is C=CCN(CCO)C1CCC1CNCCC. The van der Waals surface area contributed by atoms with Gasteiger partial charge in [0.1, 0.15) is 0 Å². The minimum absolute atomic E-state index is 0.249. The van der Waals surface area contributed by atoms with Crippen LogP contribution in [-0.4, -0.2) is 48.8 Å². The van der Waals surface area contributed by atoms with Crippen molar-refractivity contribution < 1.29 is 5.11 Å². The van der Waals surface area contributed by atoms with Crippen LogP contribution in [-0.2, 0) is 0 Å². The van der Waals surface area contributed by atoms with Crippen molar-refractivity contribution in [2.24, 2.45) is 5.92 Å². The van der Waals surface area contributed by atoms with Crippen LogP contribution in [0.5, 0.6) is 0 Å². The summed E-state index contributed by atoms with van der Waals surface area (Å²) in [5, 5.41) is 12.5. The highest BCUT2D eigenvalue weighted by Gasteiger charge is 2.34. The molecule has 1 fully saturated rings. The Hall–Kier alpha value is -0.380. The fourth-order valence-corrected chi connectivity index (χ4v) is 2.42. The predicted octanol–water partition coefficient (Wildman–Crippen LogP) is 1.24. The molecule has 0 saturated heterocycles. The molecule has 2 N–H and O–H groups in total. The molecule has 1 aliphatic rings. The molecule has 1 rings (SSSR count). The van der Waals surface area contributed by atoms with Crippen molar-refractivity contribution in [1.29, 1.82) is 0 Å². The van der Waals surface area contributed by atoms with E-state index in [0.29, 0.717) is 6.04 Å². The van der Waals surface area contributed by atoms with Crippen molar-refractivity contribution in [1.82, 2.24) is 10.2 Å². The summed E-state index contributed by atoms with van der Waals surface area (Å²) in [5.41, 5.74) is 0. The Bertz CT molecular complexity index is 196. The molecule has 0 aromatic rings. The lowest BCUT2D eigenvalue weighted by Gasteiger charge is -2.44. The van der Waals surface area contributed by atoms with Crippen LogP contribution in [0.1, 0.15) is 26.2 Å². The molecule has 94 valence electrons. The maximum absolute atomic E-state index is 9.04. The zero-order valence-electron chi connectivity index (χ0n) is 10.5. The number of nitrogens with one attached hydrogen (secondary N) is 1. The molecule has 16 heavy (non-hydrogen) atoms. The Kier molecular flexibility index (Phi) is 6.69. The van der Waals surface area contributed by atoms with E-state index in [0.717, 1.165) is 32.1 Å². The van der Waals surface area contributed by atoms with Gasteiger partial charge >= 0.3 is 0 Å². The molecule has 3 nitrogen and oxygen atoms in total. The van der Waals surface area contributed by atoms with Crippen molar-refractivity contribution >= 4 is 0 Å². The second-order valence-electron chi connectivity index (χ2n) is 4.62. The van der Waals surface area contributed by atoms with Gasteiger partial charge in [0.05, 0.1) is 6.61 Å². The van der Waals surface area contributed by atoms with E-state index in [1.54, 1.807) is 0 Å². The van der Waals surface area contributed by atoms with E-state index in [1.807, 2.05) is 6.08 Å². The zero-order valence-corrected chi connectivity index (χ0v) is 10.5. The first-order valence-corrected chi connectivity index (χ1v) is 6.50. The molecule has 2 unspecified atom stereocenters. The van der Waals surface area contributed by atoms with Gasteiger partial charge in [0.25, 0.3) is 0 Å². The average Bonchev–Trinajstić information content (AvgIpc) is 2.23. The molecular formula is C13H26N2O. The first-order valence-electron chi connectivity index (χ1n) is 6.50. The van der Waals surface area contributed by atoms with E-state index in [9.17, 15) is 0 Å². The van der Waals surface area contributed by atoms with Crippen molar-refractivity contribution in [3.8, 4) is 0 Å². The molecule has 0 aromatic carbocycles. The van der Waals surface area contributed by atoms with Crippen molar-refractivity contribution in [3.63, 3.8) is 0 Å². The smallest absolute Gasteiger partial charge is 0.0558 e. The Morgan fingerprint density at radius 3 is 2.81 bits per heavy atom. The van der Waals surface area contributed by atoms with Crippen LogP contribution in [0.4, 0.5) is 0 Å². The molecule has 0 bridgehead atoms. The highest BCUT2D eigenvalue weighted by molar-refractivity contribution is 4.92. The molecule has 0 heterocycles. The molecule has 2 atom stereocenters. The standard InChI is InChI=1S/C13H26N2O/c1-3-7-14-11-12-5-6-13(12)15(8-4-2)9-10-16/h4,12-14,16H,2-3,5-11H2,1H3. The van der Waals surface area contributed by atoms with Crippen molar-refractivity contribution in [3.05, 3.63) is 12.7 Å². The van der Waals surface area contributed by atoms with Crippen LogP contribution in [0.2, 0.25) is 0 Å². The number of aliphatic hydroxyl groups excluding tert-OH is 1. The summed E-state index contributed by atoms with van der Waals surface area (Å²) in [6.07, 6.45) is 5.72. The van der Waals surface area contributed by atoms with Gasteiger partial charge in [0.15, 0.2) is 0 Å². The second-order valence-corrected chi connectivity index (χ2v) is 4.62. The summed E-state index contributed by atoms with van der Waals surface area (Å²) >= 11 is 0. The first kappa shape index (κ1) is 13.7. The third-order valence-corrected chi connectivity index (χ3v) is 3.43. The van der Waals surface area contributed by atoms with E-state index >= 15 is 0 Å². The summed E-state index contributed by atoms with van der Waals surface area (Å²) < 4.78 is 0. The number of nitrogens with zero attached hydrogens (tertiary/aromatic N) is 1. The van der Waals surface area contributed by atoms with Crippen molar-refractivity contribution in [2.75, 3.05) is 32.8 Å². The third-order valence-electron chi connectivity index (χ3n) is 3.43. The van der Waals surface area contributed by atoms with Crippen molar-refractivity contribution in [2.45, 2.75) is 32.2 Å². The van der Waals surface area contributed by atoms with Crippen LogP contribution in [0.15, 0.2) is 12.7 Å². The molecule has 1 aliphatic carbocycles. The Labute approximate surface area is 99.5 Å². The van der Waals surface area contributed by atoms with Crippen LogP contribution in [0.25, 0.3) is 0 Å². The van der Waals surface area contributed by atoms with E-state index in [1.165, 1.54) is 19.3 Å². The fraction of sp³-hybridized carbons (Fsp3) is 0.846. The largest absolute Gasteiger partial charge is 0.395 e. The summed E-state index contributed by atoms with van der Waals surface area (Å²) in [5.74, 6) is 0.762. The lowest BCUT2D eigenvalue weighted by Crippen LogP contribution is -2.51. The molecule has 0 aliphatic heterocycles. The maximum atomic E-state index is 9.04. The fourth-order valence-electron chi connectivity index (χ4n) is 2.42. The van der Waals surface area contributed by atoms with Gasteiger partial charge in [0.2, 0.25) is 0 Å². The van der Waals surface area contributed by atoms with Crippen LogP contribution < -0.4 is 5.32 Å². The first-order chi connectivity index (χ1) is 7.83. The summed E-state index contributed by atoms with van der Waals surface area (Å²) in [4.78, 5) is 2.36. The Morgan fingerprint density at radius 1 is 1.50 bits per heavy atom. The number of aliphatic hydroxyl groups is 1. The van der Waals surface area contributed by atoms with Gasteiger partial charge in [-0.15, -0.1) is 6.58 Å². The third kappa shape index (κ3) is 3.89. The van der Waals surface area contributed by atoms with Gasteiger partial charge < -0.3 is 10.4 Å². The molecule has 3 heteroatoms. The van der Waals surface area contributed by atoms with E-state index in [4.69, 9.17) is 5.11 Å². The van der Waals surface area contributed by atoms with Gasteiger partial charge in [-0.1, -0.05) is 13.0 Å². The van der Waals surface area contributed by atoms with Crippen LogP contribution in [0.3, 0.4) is 0 Å². The van der Waals surface area contributed by atoms with Crippen LogP contribution >= 0.6 is 0 Å². The van der Waals surface area contributed by atoms with Gasteiger partial charge in [0, 0.05) is 19.1 Å². The minimum Gasteiger partial charge on any atom is -0.395 e. The highest BCUT2D eigenvalue weighted by Crippen LogP contribution is 2.31. The average molecular weight is 226 g/mol. The van der Waals surface area contributed by atoms with Gasteiger partial charge in [-0.25, -0.2) is 0 Å². The number of hydrogen-bond acceptors (Lipinski definition) is 3. The monoisotopic (exact) mass is 226 g/mol. The number of rotatable bonds is 9. The van der Waals surface area contributed by atoms with Gasteiger partial charge in [-0.2, -0.15) is 0 Å². The molecular weight excluding hydrogens is 200 g/mol. The molecule has 0 radical (unpaired) electrons. The topological polar surface area (TPSA) is 35.5 Å². The van der Waals surface area contributed by atoms with Crippen LogP contribution in [0, 0.1) is 5.92 Å². The minimum atomic E-state index is 0.249. The molecule has 0 aromatic heterocycles. The maximum Gasteiger partial charge on any atom is 0.0558 e. The summed E-state index contributed by atoms with van der Waals surface area (Å²) in [6.45, 7) is 10.1. The van der Waals surface area contributed by atoms with Gasteiger partial charge in [-0.3, -0.25) is 4.90 Å². The summed E-state index contributed by atoms with van der Waals surface area (Å²) in [6, 6.07) is 0.648. The molecule has 0 spiro atoms. The van der Waals surface area contributed by atoms with E-state index < -0.39 is 0 Å². The normalized spacial score (nSPS) is 24.4. The summed E-state index contributed by atoms with van der Waals surface area (Å²) in [7, 11) is 0. The highest BCUT2D eigenvalue weighted by atomic mass is 16.3. The van der Waals surface area contributed by atoms with E-state index in [2.05, 4.69) is 23.7 Å². The molecule has 0 amide bonds. The second kappa shape index (κ2) is 7.82. The quantitative estimate of drug-likeness (QED) is 0.459. The molecule has 1 saturated carbocycles. The predicted molar refractivity (Wildman–Crippen MR) is 68.5 cm³/mol. The lowest BCUT2D eigenvalue weighted by molar-refractivity contribution is 0.0572.